The third-order valence-corrected chi connectivity index (χ3v) is 4.92. The van der Waals surface area contributed by atoms with Gasteiger partial charge in [0.1, 0.15) is 0 Å². The van der Waals surface area contributed by atoms with Crippen LogP contribution >= 0.6 is 0 Å². The number of aliphatic hydroxyl groups excluding tert-OH is 1. The fourth-order valence-corrected chi connectivity index (χ4v) is 4.01. The van der Waals surface area contributed by atoms with E-state index in [0.29, 0.717) is 0 Å². The van der Waals surface area contributed by atoms with E-state index in [1.54, 1.807) is 0 Å². The standard InChI is InChI=1S/C20H28O/c1-18(2,3)20(19(4,5)6)13-12-16(14-17(20)21)15-10-8-7-9-11-15/h7-14,17,21H,1-6H3. The molecule has 0 saturated carbocycles. The van der Waals surface area contributed by atoms with Gasteiger partial charge in [-0.25, -0.2) is 0 Å². The van der Waals surface area contributed by atoms with Gasteiger partial charge in [0.05, 0.1) is 6.10 Å². The van der Waals surface area contributed by atoms with Gasteiger partial charge in [0, 0.05) is 5.41 Å². The second-order valence-electron chi connectivity index (χ2n) is 8.14. The lowest BCUT2D eigenvalue weighted by Gasteiger charge is -2.55. The lowest BCUT2D eigenvalue weighted by Crippen LogP contribution is -2.53. The molecule has 0 saturated heterocycles. The summed E-state index contributed by atoms with van der Waals surface area (Å²) in [5.74, 6) is 0. The maximum absolute atomic E-state index is 11.0. The summed E-state index contributed by atoms with van der Waals surface area (Å²) in [5.41, 5.74) is 1.93. The number of hydrogen-bond donors (Lipinski definition) is 1. The van der Waals surface area contributed by atoms with Gasteiger partial charge in [0.25, 0.3) is 0 Å². The highest BCUT2D eigenvalue weighted by molar-refractivity contribution is 5.76. The van der Waals surface area contributed by atoms with E-state index in [4.69, 9.17) is 0 Å². The first kappa shape index (κ1) is 16.0. The molecule has 1 unspecified atom stereocenters. The average Bonchev–Trinajstić information content (AvgIpc) is 2.36. The molecule has 0 amide bonds. The van der Waals surface area contributed by atoms with Gasteiger partial charge in [0.15, 0.2) is 0 Å². The minimum absolute atomic E-state index is 0.0279. The van der Waals surface area contributed by atoms with Crippen molar-refractivity contribution in [2.45, 2.75) is 47.6 Å². The van der Waals surface area contributed by atoms with Crippen molar-refractivity contribution in [2.24, 2.45) is 16.2 Å². The molecular formula is C20H28O. The smallest absolute Gasteiger partial charge is 0.0830 e. The van der Waals surface area contributed by atoms with Crippen molar-refractivity contribution >= 4 is 5.57 Å². The normalized spacial score (nSPS) is 22.0. The molecule has 114 valence electrons. The highest BCUT2D eigenvalue weighted by Gasteiger charge is 2.53. The van der Waals surface area contributed by atoms with Crippen molar-refractivity contribution in [1.29, 1.82) is 0 Å². The number of benzene rings is 1. The fraction of sp³-hybridized carbons (Fsp3) is 0.500. The summed E-state index contributed by atoms with van der Waals surface area (Å²) in [6.45, 7) is 13.3. The van der Waals surface area contributed by atoms with E-state index in [9.17, 15) is 5.11 Å². The molecule has 1 aromatic rings. The summed E-state index contributed by atoms with van der Waals surface area (Å²) in [6, 6.07) is 10.3. The minimum atomic E-state index is -0.488. The van der Waals surface area contributed by atoms with Crippen molar-refractivity contribution in [2.75, 3.05) is 0 Å². The van der Waals surface area contributed by atoms with E-state index in [2.05, 4.69) is 65.8 Å². The van der Waals surface area contributed by atoms with Crippen LogP contribution in [0.4, 0.5) is 0 Å². The molecule has 1 nitrogen and oxygen atoms in total. The van der Waals surface area contributed by atoms with Crippen LogP contribution in [-0.4, -0.2) is 11.2 Å². The predicted octanol–water partition coefficient (Wildman–Crippen LogP) is 5.08. The van der Waals surface area contributed by atoms with Crippen LogP contribution in [0.5, 0.6) is 0 Å². The number of allylic oxidation sites excluding steroid dienone is 2. The summed E-state index contributed by atoms with van der Waals surface area (Å²) in [4.78, 5) is 0. The Morgan fingerprint density at radius 1 is 0.905 bits per heavy atom. The Kier molecular flexibility index (Phi) is 3.92. The summed E-state index contributed by atoms with van der Waals surface area (Å²) in [7, 11) is 0. The maximum atomic E-state index is 11.0. The first-order valence-electron chi connectivity index (χ1n) is 7.74. The summed E-state index contributed by atoms with van der Waals surface area (Å²) in [6.07, 6.45) is 5.95. The molecule has 1 heteroatoms. The van der Waals surface area contributed by atoms with Crippen molar-refractivity contribution in [3.05, 3.63) is 54.1 Å². The predicted molar refractivity (Wildman–Crippen MR) is 90.9 cm³/mol. The molecule has 21 heavy (non-hydrogen) atoms. The van der Waals surface area contributed by atoms with Crippen LogP contribution in [0, 0.1) is 16.2 Å². The number of hydrogen-bond acceptors (Lipinski definition) is 1. The van der Waals surface area contributed by atoms with Gasteiger partial charge in [-0.3, -0.25) is 0 Å². The Labute approximate surface area is 129 Å². The molecule has 1 aliphatic rings. The Morgan fingerprint density at radius 3 is 1.86 bits per heavy atom. The van der Waals surface area contributed by atoms with Gasteiger partial charge in [-0.2, -0.15) is 0 Å². The van der Waals surface area contributed by atoms with E-state index in [0.717, 1.165) is 11.1 Å². The van der Waals surface area contributed by atoms with Crippen LogP contribution in [0.3, 0.4) is 0 Å². The molecule has 0 aliphatic heterocycles. The first-order chi connectivity index (χ1) is 9.59. The van der Waals surface area contributed by atoms with E-state index >= 15 is 0 Å². The van der Waals surface area contributed by atoms with Crippen LogP contribution in [0.2, 0.25) is 0 Å². The average molecular weight is 284 g/mol. The second-order valence-corrected chi connectivity index (χ2v) is 8.14. The summed E-state index contributed by atoms with van der Waals surface area (Å²) < 4.78 is 0. The lowest BCUT2D eigenvalue weighted by atomic mass is 9.50. The molecule has 2 rings (SSSR count). The van der Waals surface area contributed by atoms with Crippen molar-refractivity contribution in [3.8, 4) is 0 Å². The first-order valence-corrected chi connectivity index (χ1v) is 7.74. The zero-order valence-electron chi connectivity index (χ0n) is 14.1. The fourth-order valence-electron chi connectivity index (χ4n) is 4.01. The van der Waals surface area contributed by atoms with Crippen LogP contribution in [0.25, 0.3) is 5.57 Å². The second kappa shape index (κ2) is 5.14. The van der Waals surface area contributed by atoms with Crippen molar-refractivity contribution in [3.63, 3.8) is 0 Å². The van der Waals surface area contributed by atoms with Gasteiger partial charge in [0.2, 0.25) is 0 Å². The molecule has 0 spiro atoms. The lowest BCUT2D eigenvalue weighted by molar-refractivity contribution is -0.0700. The van der Waals surface area contributed by atoms with Crippen molar-refractivity contribution in [1.82, 2.24) is 0 Å². The monoisotopic (exact) mass is 284 g/mol. The third kappa shape index (κ3) is 2.60. The molecule has 0 bridgehead atoms. The molecule has 0 heterocycles. The summed E-state index contributed by atoms with van der Waals surface area (Å²) >= 11 is 0. The Bertz CT molecular complexity index is 536. The largest absolute Gasteiger partial charge is 0.388 e. The van der Waals surface area contributed by atoms with E-state index < -0.39 is 6.10 Å². The highest BCUT2D eigenvalue weighted by Crippen LogP contribution is 2.57. The third-order valence-electron chi connectivity index (χ3n) is 4.92. The van der Waals surface area contributed by atoms with Crippen LogP contribution in [-0.2, 0) is 0 Å². The topological polar surface area (TPSA) is 20.2 Å². The van der Waals surface area contributed by atoms with E-state index in [1.807, 2.05) is 24.3 Å². The molecule has 0 fully saturated rings. The van der Waals surface area contributed by atoms with Crippen molar-refractivity contribution < 1.29 is 5.11 Å². The molecular weight excluding hydrogens is 256 g/mol. The van der Waals surface area contributed by atoms with E-state index in [1.165, 1.54) is 0 Å². The van der Waals surface area contributed by atoms with Gasteiger partial charge in [-0.15, -0.1) is 0 Å². The molecule has 1 N–H and O–H groups in total. The van der Waals surface area contributed by atoms with Gasteiger partial charge >= 0.3 is 0 Å². The van der Waals surface area contributed by atoms with Crippen LogP contribution < -0.4 is 0 Å². The maximum Gasteiger partial charge on any atom is 0.0830 e. The molecule has 1 aromatic carbocycles. The quantitative estimate of drug-likeness (QED) is 0.762. The highest BCUT2D eigenvalue weighted by atomic mass is 16.3. The summed E-state index contributed by atoms with van der Waals surface area (Å²) in [5, 5.41) is 11.0. The number of aliphatic hydroxyl groups is 1. The molecule has 1 aliphatic carbocycles. The Hall–Kier alpha value is -1.34. The Morgan fingerprint density at radius 2 is 1.43 bits per heavy atom. The Balaban J connectivity index is 2.49. The minimum Gasteiger partial charge on any atom is -0.388 e. The van der Waals surface area contributed by atoms with E-state index in [-0.39, 0.29) is 16.2 Å². The molecule has 1 atom stereocenters. The van der Waals surface area contributed by atoms with Gasteiger partial charge < -0.3 is 5.11 Å². The molecule has 0 radical (unpaired) electrons. The number of rotatable bonds is 1. The van der Waals surface area contributed by atoms with Gasteiger partial charge in [-0.05, 0) is 28.0 Å². The van der Waals surface area contributed by atoms with Crippen LogP contribution in [0.15, 0.2) is 48.6 Å². The zero-order chi connectivity index (χ0) is 15.9. The van der Waals surface area contributed by atoms with Gasteiger partial charge in [-0.1, -0.05) is 84.0 Å². The van der Waals surface area contributed by atoms with Crippen LogP contribution in [0.1, 0.15) is 47.1 Å². The SMILES string of the molecule is CC(C)(C)C1(C(C)(C)C)C=CC(c2ccccc2)=CC1O. The molecule has 0 aromatic heterocycles. The zero-order valence-corrected chi connectivity index (χ0v) is 14.1.